The molecule has 0 saturated heterocycles. The van der Waals surface area contributed by atoms with Crippen molar-refractivity contribution < 1.29 is 14.3 Å². The number of hydrogen-bond acceptors (Lipinski definition) is 4. The molecule has 0 saturated carbocycles. The molecule has 0 aliphatic heterocycles. The van der Waals surface area contributed by atoms with Crippen LogP contribution >= 0.6 is 11.3 Å². The molecule has 5 nitrogen and oxygen atoms in total. The molecule has 0 bridgehead atoms. The minimum Gasteiger partial charge on any atom is -0.462 e. The molecule has 0 aliphatic rings. The standard InChI is InChI=1S/C15H18N2O3S/c1-5-20-15(19)11-8-10(3)21-14(11)16-13(18)12-7-6-9(2)17(12)4/h6-8H,5H2,1-4H3,(H,16,18). The number of aromatic nitrogens is 1. The number of ether oxygens (including phenoxy) is 1. The summed E-state index contributed by atoms with van der Waals surface area (Å²) in [5.41, 5.74) is 1.94. The zero-order valence-corrected chi connectivity index (χ0v) is 13.3. The van der Waals surface area contributed by atoms with Gasteiger partial charge in [0, 0.05) is 17.6 Å². The monoisotopic (exact) mass is 306 g/mol. The lowest BCUT2D eigenvalue weighted by Gasteiger charge is -2.07. The number of anilines is 1. The van der Waals surface area contributed by atoms with Gasteiger partial charge in [0.05, 0.1) is 12.2 Å². The average Bonchev–Trinajstić information content (AvgIpc) is 2.94. The van der Waals surface area contributed by atoms with Gasteiger partial charge in [-0.15, -0.1) is 11.3 Å². The molecule has 0 aromatic carbocycles. The third kappa shape index (κ3) is 3.16. The Hall–Kier alpha value is -2.08. The van der Waals surface area contributed by atoms with Crippen LogP contribution in [0.4, 0.5) is 5.00 Å². The van der Waals surface area contributed by atoms with Gasteiger partial charge in [-0.1, -0.05) is 0 Å². The zero-order chi connectivity index (χ0) is 15.6. The Morgan fingerprint density at radius 2 is 2.05 bits per heavy atom. The largest absolute Gasteiger partial charge is 0.462 e. The van der Waals surface area contributed by atoms with Crippen molar-refractivity contribution in [1.82, 2.24) is 4.57 Å². The third-order valence-electron chi connectivity index (χ3n) is 3.18. The van der Waals surface area contributed by atoms with E-state index in [9.17, 15) is 9.59 Å². The fourth-order valence-electron chi connectivity index (χ4n) is 1.98. The first-order valence-corrected chi connectivity index (χ1v) is 7.47. The second-order valence-electron chi connectivity index (χ2n) is 4.69. The summed E-state index contributed by atoms with van der Waals surface area (Å²) in [6.07, 6.45) is 0. The van der Waals surface area contributed by atoms with E-state index in [4.69, 9.17) is 4.74 Å². The third-order valence-corrected chi connectivity index (χ3v) is 4.15. The summed E-state index contributed by atoms with van der Waals surface area (Å²) >= 11 is 1.36. The van der Waals surface area contributed by atoms with Crippen LogP contribution in [0.25, 0.3) is 0 Å². The smallest absolute Gasteiger partial charge is 0.341 e. The SMILES string of the molecule is CCOC(=O)c1cc(C)sc1NC(=O)c1ccc(C)n1C. The second-order valence-corrected chi connectivity index (χ2v) is 5.95. The highest BCUT2D eigenvalue weighted by Crippen LogP contribution is 2.28. The van der Waals surface area contributed by atoms with E-state index in [1.807, 2.05) is 27.0 Å². The Kier molecular flexibility index (Phi) is 4.47. The van der Waals surface area contributed by atoms with Crippen molar-refractivity contribution in [1.29, 1.82) is 0 Å². The Labute approximate surface area is 127 Å². The van der Waals surface area contributed by atoms with Gasteiger partial charge < -0.3 is 14.6 Å². The van der Waals surface area contributed by atoms with Crippen LogP contribution in [0.5, 0.6) is 0 Å². The average molecular weight is 306 g/mol. The second kappa shape index (κ2) is 6.13. The van der Waals surface area contributed by atoms with Crippen molar-refractivity contribution in [3.05, 3.63) is 40.0 Å². The summed E-state index contributed by atoms with van der Waals surface area (Å²) in [5.74, 6) is -0.654. The van der Waals surface area contributed by atoms with E-state index in [-0.39, 0.29) is 5.91 Å². The number of nitrogens with one attached hydrogen (secondary N) is 1. The van der Waals surface area contributed by atoms with Gasteiger partial charge in [0.15, 0.2) is 0 Å². The highest BCUT2D eigenvalue weighted by molar-refractivity contribution is 7.16. The van der Waals surface area contributed by atoms with Gasteiger partial charge in [-0.25, -0.2) is 4.79 Å². The first-order chi connectivity index (χ1) is 9.93. The van der Waals surface area contributed by atoms with Crippen LogP contribution < -0.4 is 5.32 Å². The molecule has 2 aromatic heterocycles. The number of carbonyl (C=O) groups is 2. The molecule has 21 heavy (non-hydrogen) atoms. The highest BCUT2D eigenvalue weighted by Gasteiger charge is 2.19. The van der Waals surface area contributed by atoms with Crippen molar-refractivity contribution >= 4 is 28.2 Å². The molecule has 1 amide bonds. The van der Waals surface area contributed by atoms with E-state index >= 15 is 0 Å². The minimum absolute atomic E-state index is 0.238. The first-order valence-electron chi connectivity index (χ1n) is 6.65. The van der Waals surface area contributed by atoms with Crippen molar-refractivity contribution in [2.24, 2.45) is 7.05 Å². The molecule has 2 heterocycles. The van der Waals surface area contributed by atoms with E-state index in [2.05, 4.69) is 5.32 Å². The van der Waals surface area contributed by atoms with Crippen molar-refractivity contribution in [2.45, 2.75) is 20.8 Å². The fourth-order valence-corrected chi connectivity index (χ4v) is 2.87. The van der Waals surface area contributed by atoms with Gasteiger partial charge in [0.1, 0.15) is 10.7 Å². The van der Waals surface area contributed by atoms with Crippen LogP contribution in [-0.2, 0) is 11.8 Å². The number of carbonyl (C=O) groups excluding carboxylic acids is 2. The summed E-state index contributed by atoms with van der Waals surface area (Å²) < 4.78 is 6.81. The van der Waals surface area contributed by atoms with E-state index in [0.717, 1.165) is 10.6 Å². The molecule has 0 radical (unpaired) electrons. The number of nitrogens with zero attached hydrogens (tertiary/aromatic N) is 1. The van der Waals surface area contributed by atoms with Crippen LogP contribution in [0.2, 0.25) is 0 Å². The van der Waals surface area contributed by atoms with Crippen LogP contribution in [0.15, 0.2) is 18.2 Å². The predicted octanol–water partition coefficient (Wildman–Crippen LogP) is 3.13. The number of esters is 1. The van der Waals surface area contributed by atoms with Gasteiger partial charge in [-0.3, -0.25) is 4.79 Å². The lowest BCUT2D eigenvalue weighted by Crippen LogP contribution is -2.17. The Morgan fingerprint density at radius 1 is 1.33 bits per heavy atom. The predicted molar refractivity (Wildman–Crippen MR) is 83.1 cm³/mol. The number of thiophene rings is 1. The summed E-state index contributed by atoms with van der Waals surface area (Å²) in [5, 5.41) is 3.32. The van der Waals surface area contributed by atoms with Gasteiger partial charge in [0.2, 0.25) is 0 Å². The maximum atomic E-state index is 12.3. The Morgan fingerprint density at radius 3 is 2.62 bits per heavy atom. The molecule has 2 rings (SSSR count). The summed E-state index contributed by atoms with van der Waals surface area (Å²) in [4.78, 5) is 25.1. The van der Waals surface area contributed by atoms with E-state index < -0.39 is 5.97 Å². The molecule has 0 aliphatic carbocycles. The molecule has 112 valence electrons. The Bertz CT molecular complexity index is 685. The number of amides is 1. The molecular weight excluding hydrogens is 288 g/mol. The topological polar surface area (TPSA) is 60.3 Å². The maximum absolute atomic E-state index is 12.3. The Balaban J connectivity index is 2.25. The maximum Gasteiger partial charge on any atom is 0.341 e. The van der Waals surface area contributed by atoms with Crippen LogP contribution in [0, 0.1) is 13.8 Å². The van der Waals surface area contributed by atoms with Gasteiger partial charge in [-0.05, 0) is 39.0 Å². The minimum atomic E-state index is -0.416. The summed E-state index contributed by atoms with van der Waals surface area (Å²) in [6.45, 7) is 5.87. The van der Waals surface area contributed by atoms with Crippen molar-refractivity contribution in [3.63, 3.8) is 0 Å². The molecule has 0 spiro atoms. The number of aryl methyl sites for hydroxylation is 2. The van der Waals surface area contributed by atoms with Crippen molar-refractivity contribution in [2.75, 3.05) is 11.9 Å². The lowest BCUT2D eigenvalue weighted by atomic mass is 10.3. The summed E-state index contributed by atoms with van der Waals surface area (Å²) in [6, 6.07) is 5.37. The van der Waals surface area contributed by atoms with E-state index in [0.29, 0.717) is 22.9 Å². The van der Waals surface area contributed by atoms with E-state index in [1.54, 1.807) is 23.6 Å². The normalized spacial score (nSPS) is 10.5. The number of rotatable bonds is 4. The molecule has 0 unspecified atom stereocenters. The van der Waals surface area contributed by atoms with Gasteiger partial charge in [0.25, 0.3) is 5.91 Å². The summed E-state index contributed by atoms with van der Waals surface area (Å²) in [7, 11) is 1.83. The lowest BCUT2D eigenvalue weighted by molar-refractivity contribution is 0.0528. The van der Waals surface area contributed by atoms with Gasteiger partial charge >= 0.3 is 5.97 Å². The number of hydrogen-bond donors (Lipinski definition) is 1. The molecular formula is C15H18N2O3S. The van der Waals surface area contributed by atoms with Gasteiger partial charge in [-0.2, -0.15) is 0 Å². The van der Waals surface area contributed by atoms with Crippen LogP contribution in [0.3, 0.4) is 0 Å². The highest BCUT2D eigenvalue weighted by atomic mass is 32.1. The molecule has 0 fully saturated rings. The van der Waals surface area contributed by atoms with Crippen molar-refractivity contribution in [3.8, 4) is 0 Å². The fraction of sp³-hybridized carbons (Fsp3) is 0.333. The first kappa shape index (κ1) is 15.3. The molecule has 0 atom stereocenters. The van der Waals surface area contributed by atoms with Crippen LogP contribution in [-0.4, -0.2) is 23.1 Å². The van der Waals surface area contributed by atoms with E-state index in [1.165, 1.54) is 11.3 Å². The molecule has 2 aromatic rings. The molecule has 1 N–H and O–H groups in total. The quantitative estimate of drug-likeness (QED) is 0.883. The van der Waals surface area contributed by atoms with Crippen LogP contribution in [0.1, 0.15) is 38.3 Å². The molecule has 6 heteroatoms. The zero-order valence-electron chi connectivity index (χ0n) is 12.5.